The number of benzene rings is 1. The molecule has 1 atom stereocenters. The minimum atomic E-state index is -0.780. The maximum absolute atomic E-state index is 12.1. The molecule has 1 aliphatic rings. The molecule has 130 valence electrons. The number of carbonyl (C=O) groups is 3. The van der Waals surface area contributed by atoms with Crippen molar-refractivity contribution in [2.24, 2.45) is 0 Å². The fourth-order valence-electron chi connectivity index (χ4n) is 2.48. The number of hydrogen-bond donors (Lipinski definition) is 1. The van der Waals surface area contributed by atoms with E-state index in [2.05, 4.69) is 21.2 Å². The molecule has 0 bridgehead atoms. The second-order valence-corrected chi connectivity index (χ2v) is 6.59. The molecular weight excluding hydrogens is 376 g/mol. The molecule has 1 aromatic carbocycles. The molecule has 1 fully saturated rings. The highest BCUT2D eigenvalue weighted by Gasteiger charge is 2.25. The molecule has 1 aromatic rings. The number of halogens is 1. The smallest absolute Gasteiger partial charge is 0.308 e. The maximum Gasteiger partial charge on any atom is 0.308 e. The number of nitrogens with zero attached hydrogens (tertiary/aromatic N) is 1. The first-order chi connectivity index (χ1) is 11.5. The van der Waals surface area contributed by atoms with Crippen LogP contribution in [-0.4, -0.2) is 48.4 Å². The van der Waals surface area contributed by atoms with Crippen molar-refractivity contribution in [1.82, 2.24) is 10.2 Å². The van der Waals surface area contributed by atoms with E-state index in [-0.39, 0.29) is 24.8 Å². The largest absolute Gasteiger partial charge is 0.452 e. The van der Waals surface area contributed by atoms with Crippen LogP contribution in [0.1, 0.15) is 36.5 Å². The van der Waals surface area contributed by atoms with Crippen LogP contribution in [0.3, 0.4) is 0 Å². The summed E-state index contributed by atoms with van der Waals surface area (Å²) in [5.74, 6) is -0.901. The molecule has 2 amide bonds. The standard InChI is InChI=1S/C17H21BrN2O4/c1-12(17(23)20-10-2-3-11-20)24-15(21)8-9-19-16(22)13-4-6-14(18)7-5-13/h4-7,12H,2-3,8-11H2,1H3,(H,19,22)/t12-/m1/s1. The van der Waals surface area contributed by atoms with Gasteiger partial charge in [0, 0.05) is 29.7 Å². The average molecular weight is 397 g/mol. The Labute approximate surface area is 149 Å². The molecule has 0 aliphatic carbocycles. The van der Waals surface area contributed by atoms with Gasteiger partial charge in [0.15, 0.2) is 6.10 Å². The number of carbonyl (C=O) groups excluding carboxylic acids is 3. The highest BCUT2D eigenvalue weighted by molar-refractivity contribution is 9.10. The first-order valence-electron chi connectivity index (χ1n) is 7.99. The summed E-state index contributed by atoms with van der Waals surface area (Å²) in [6.45, 7) is 3.20. The molecule has 0 unspecified atom stereocenters. The Morgan fingerprint density at radius 1 is 1.21 bits per heavy atom. The van der Waals surface area contributed by atoms with Gasteiger partial charge in [0.25, 0.3) is 11.8 Å². The first-order valence-corrected chi connectivity index (χ1v) is 8.78. The van der Waals surface area contributed by atoms with Crippen LogP contribution < -0.4 is 5.32 Å². The van der Waals surface area contributed by atoms with Crippen LogP contribution in [0.5, 0.6) is 0 Å². The molecule has 1 aliphatic heterocycles. The van der Waals surface area contributed by atoms with E-state index in [1.165, 1.54) is 0 Å². The summed E-state index contributed by atoms with van der Waals surface area (Å²) >= 11 is 3.30. The van der Waals surface area contributed by atoms with Gasteiger partial charge in [0.05, 0.1) is 6.42 Å². The minimum Gasteiger partial charge on any atom is -0.452 e. The number of esters is 1. The van der Waals surface area contributed by atoms with Crippen LogP contribution in [0.25, 0.3) is 0 Å². The Kier molecular flexibility index (Phi) is 6.78. The van der Waals surface area contributed by atoms with Crippen LogP contribution in [0.2, 0.25) is 0 Å². The average Bonchev–Trinajstić information content (AvgIpc) is 3.09. The van der Waals surface area contributed by atoms with Crippen molar-refractivity contribution in [2.75, 3.05) is 19.6 Å². The van der Waals surface area contributed by atoms with Crippen molar-refractivity contribution in [3.8, 4) is 0 Å². The fourth-order valence-corrected chi connectivity index (χ4v) is 2.75. The van der Waals surface area contributed by atoms with Crippen molar-refractivity contribution in [3.63, 3.8) is 0 Å². The van der Waals surface area contributed by atoms with Gasteiger partial charge in [-0.1, -0.05) is 15.9 Å². The molecular formula is C17H21BrN2O4. The second-order valence-electron chi connectivity index (χ2n) is 5.68. The van der Waals surface area contributed by atoms with Gasteiger partial charge in [-0.05, 0) is 44.0 Å². The lowest BCUT2D eigenvalue weighted by atomic mass is 10.2. The molecule has 1 heterocycles. The molecule has 0 aromatic heterocycles. The molecule has 0 spiro atoms. The van der Waals surface area contributed by atoms with Crippen LogP contribution in [-0.2, 0) is 14.3 Å². The van der Waals surface area contributed by atoms with E-state index in [0.29, 0.717) is 5.56 Å². The fraction of sp³-hybridized carbons (Fsp3) is 0.471. The topological polar surface area (TPSA) is 75.7 Å². The highest BCUT2D eigenvalue weighted by atomic mass is 79.9. The van der Waals surface area contributed by atoms with E-state index < -0.39 is 12.1 Å². The number of nitrogens with one attached hydrogen (secondary N) is 1. The van der Waals surface area contributed by atoms with Gasteiger partial charge in [-0.15, -0.1) is 0 Å². The van der Waals surface area contributed by atoms with E-state index in [1.807, 2.05) is 0 Å². The maximum atomic E-state index is 12.1. The van der Waals surface area contributed by atoms with Crippen LogP contribution in [0, 0.1) is 0 Å². The van der Waals surface area contributed by atoms with Gasteiger partial charge in [0.2, 0.25) is 0 Å². The summed E-state index contributed by atoms with van der Waals surface area (Å²) in [7, 11) is 0. The van der Waals surface area contributed by atoms with Crippen LogP contribution in [0.4, 0.5) is 0 Å². The van der Waals surface area contributed by atoms with Gasteiger partial charge >= 0.3 is 5.97 Å². The lowest BCUT2D eigenvalue weighted by Gasteiger charge is -2.20. The zero-order chi connectivity index (χ0) is 17.5. The monoisotopic (exact) mass is 396 g/mol. The van der Waals surface area contributed by atoms with E-state index in [1.54, 1.807) is 36.1 Å². The molecule has 7 heteroatoms. The normalized spacial score (nSPS) is 15.0. The van der Waals surface area contributed by atoms with Gasteiger partial charge in [-0.2, -0.15) is 0 Å². The Bertz CT molecular complexity index is 597. The summed E-state index contributed by atoms with van der Waals surface area (Å²) in [6.07, 6.45) is 1.24. The predicted molar refractivity (Wildman–Crippen MR) is 92.5 cm³/mol. The number of rotatable bonds is 6. The Morgan fingerprint density at radius 2 is 1.83 bits per heavy atom. The Balaban J connectivity index is 1.69. The summed E-state index contributed by atoms with van der Waals surface area (Å²) in [6, 6.07) is 6.92. The summed E-state index contributed by atoms with van der Waals surface area (Å²) in [5.41, 5.74) is 0.518. The summed E-state index contributed by atoms with van der Waals surface area (Å²) in [5, 5.41) is 2.66. The van der Waals surface area contributed by atoms with Crippen LogP contribution >= 0.6 is 15.9 Å². The summed E-state index contributed by atoms with van der Waals surface area (Å²) in [4.78, 5) is 37.5. The first kappa shape index (κ1) is 18.4. The summed E-state index contributed by atoms with van der Waals surface area (Å²) < 4.78 is 6.03. The predicted octanol–water partition coefficient (Wildman–Crippen LogP) is 2.12. The van der Waals surface area contributed by atoms with Gasteiger partial charge in [-0.3, -0.25) is 14.4 Å². The van der Waals surface area contributed by atoms with Crippen molar-refractivity contribution in [3.05, 3.63) is 34.3 Å². The van der Waals surface area contributed by atoms with Gasteiger partial charge in [-0.25, -0.2) is 0 Å². The van der Waals surface area contributed by atoms with E-state index in [9.17, 15) is 14.4 Å². The Morgan fingerprint density at radius 3 is 2.46 bits per heavy atom. The number of amides is 2. The number of hydrogen-bond acceptors (Lipinski definition) is 4. The Hall–Kier alpha value is -1.89. The van der Waals surface area contributed by atoms with Gasteiger partial charge < -0.3 is 15.0 Å². The molecule has 0 saturated carbocycles. The van der Waals surface area contributed by atoms with Crippen molar-refractivity contribution in [1.29, 1.82) is 0 Å². The molecule has 6 nitrogen and oxygen atoms in total. The lowest BCUT2D eigenvalue weighted by Crippen LogP contribution is -2.38. The molecule has 24 heavy (non-hydrogen) atoms. The molecule has 0 radical (unpaired) electrons. The van der Waals surface area contributed by atoms with Gasteiger partial charge in [0.1, 0.15) is 0 Å². The quantitative estimate of drug-likeness (QED) is 0.747. The highest BCUT2D eigenvalue weighted by Crippen LogP contribution is 2.11. The van der Waals surface area contributed by atoms with Crippen molar-refractivity contribution in [2.45, 2.75) is 32.3 Å². The third-order valence-electron chi connectivity index (χ3n) is 3.79. The molecule has 1 N–H and O–H groups in total. The zero-order valence-corrected chi connectivity index (χ0v) is 15.2. The van der Waals surface area contributed by atoms with Crippen LogP contribution in [0.15, 0.2) is 28.7 Å². The molecule has 1 saturated heterocycles. The van der Waals surface area contributed by atoms with Crippen molar-refractivity contribution >= 4 is 33.7 Å². The van der Waals surface area contributed by atoms with Crippen molar-refractivity contribution < 1.29 is 19.1 Å². The number of likely N-dealkylation sites (tertiary alicyclic amines) is 1. The third kappa shape index (κ3) is 5.33. The lowest BCUT2D eigenvalue weighted by molar-refractivity contribution is -0.158. The second kappa shape index (κ2) is 8.82. The minimum absolute atomic E-state index is 0.0277. The van der Waals surface area contributed by atoms with E-state index in [0.717, 1.165) is 30.4 Å². The zero-order valence-electron chi connectivity index (χ0n) is 13.6. The third-order valence-corrected chi connectivity index (χ3v) is 4.32. The van der Waals surface area contributed by atoms with E-state index in [4.69, 9.17) is 4.74 Å². The van der Waals surface area contributed by atoms with E-state index >= 15 is 0 Å². The molecule has 2 rings (SSSR count). The SMILES string of the molecule is C[C@@H](OC(=O)CCNC(=O)c1ccc(Br)cc1)C(=O)N1CCCC1. The number of ether oxygens (including phenoxy) is 1.